The van der Waals surface area contributed by atoms with E-state index in [1.54, 1.807) is 0 Å². The molecule has 1 saturated heterocycles. The van der Waals surface area contributed by atoms with Gasteiger partial charge < -0.3 is 4.67 Å². The first-order valence-electron chi connectivity index (χ1n) is 2.77. The highest BCUT2D eigenvalue weighted by molar-refractivity contribution is 7.14. The monoisotopic (exact) mass is 145 g/mol. The summed E-state index contributed by atoms with van der Waals surface area (Å²) in [6, 6.07) is 0. The van der Waals surface area contributed by atoms with Crippen molar-refractivity contribution in [3.63, 3.8) is 0 Å². The molecule has 9 heavy (non-hydrogen) atoms. The minimum Gasteiger partial charge on any atom is -0.320 e. The van der Waals surface area contributed by atoms with E-state index in [2.05, 4.69) is 9.39 Å². The fraction of sp³-hybridized carbons (Fsp3) is 0.600. The lowest BCUT2D eigenvalue weighted by atomic mass is 10.1. The average Bonchev–Trinajstić information content (AvgIpc) is 1.80. The lowest BCUT2D eigenvalue weighted by molar-refractivity contribution is -0.135. The lowest BCUT2D eigenvalue weighted by Crippen LogP contribution is -2.32. The summed E-state index contributed by atoms with van der Waals surface area (Å²) in [6.07, 6.45) is 0.798. The summed E-state index contributed by atoms with van der Waals surface area (Å²) in [5, 5.41) is 0. The van der Waals surface area contributed by atoms with Gasteiger partial charge >= 0.3 is 0 Å². The summed E-state index contributed by atoms with van der Waals surface area (Å²) < 4.78 is 1.38. The molecule has 4 heteroatoms. The van der Waals surface area contributed by atoms with Crippen LogP contribution in [0.5, 0.6) is 0 Å². The average molecular weight is 145 g/mol. The maximum absolute atomic E-state index is 10.7. The molecule has 3 nitrogen and oxygen atoms in total. The molecule has 0 aliphatic carbocycles. The number of piperidine rings is 1. The standard InChI is InChI=1S/C5H8NO2P/c7-4-1-2-5(8)6(9)3-4/h1-3,9H2. The van der Waals surface area contributed by atoms with Crippen molar-refractivity contribution in [3.05, 3.63) is 0 Å². The molecule has 0 bridgehead atoms. The SMILES string of the molecule is O=C1CCC(=O)N(P)C1. The highest BCUT2D eigenvalue weighted by Crippen LogP contribution is 2.10. The van der Waals surface area contributed by atoms with Crippen molar-refractivity contribution in [2.75, 3.05) is 6.54 Å². The van der Waals surface area contributed by atoms with Crippen molar-refractivity contribution >= 4 is 21.1 Å². The minimum absolute atomic E-state index is 0.0413. The molecule has 0 N–H and O–H groups in total. The number of ketones is 1. The van der Waals surface area contributed by atoms with Gasteiger partial charge in [0.2, 0.25) is 5.91 Å². The van der Waals surface area contributed by atoms with Gasteiger partial charge in [-0.2, -0.15) is 0 Å². The zero-order valence-corrected chi connectivity index (χ0v) is 6.12. The number of nitrogens with zero attached hydrogens (tertiary/aromatic N) is 1. The van der Waals surface area contributed by atoms with Crippen LogP contribution in [0.15, 0.2) is 0 Å². The normalized spacial score (nSPS) is 20.8. The van der Waals surface area contributed by atoms with Crippen LogP contribution in [0.4, 0.5) is 0 Å². The second kappa shape index (κ2) is 2.44. The third-order valence-electron chi connectivity index (χ3n) is 1.28. The zero-order chi connectivity index (χ0) is 6.85. The molecule has 1 fully saturated rings. The van der Waals surface area contributed by atoms with Gasteiger partial charge in [0.1, 0.15) is 0 Å². The summed E-state index contributed by atoms with van der Waals surface area (Å²) in [5.41, 5.74) is 0. The van der Waals surface area contributed by atoms with Crippen LogP contribution in [0, 0.1) is 0 Å². The molecule has 1 rings (SSSR count). The fourth-order valence-electron chi connectivity index (χ4n) is 0.747. The second-order valence-electron chi connectivity index (χ2n) is 2.06. The van der Waals surface area contributed by atoms with Crippen molar-refractivity contribution in [2.45, 2.75) is 12.8 Å². The van der Waals surface area contributed by atoms with E-state index in [4.69, 9.17) is 0 Å². The van der Waals surface area contributed by atoms with E-state index in [9.17, 15) is 9.59 Å². The molecule has 1 amide bonds. The third-order valence-corrected chi connectivity index (χ3v) is 1.76. The number of hydrogen-bond donors (Lipinski definition) is 0. The number of rotatable bonds is 0. The molecule has 0 aromatic carbocycles. The maximum Gasteiger partial charge on any atom is 0.226 e. The van der Waals surface area contributed by atoms with E-state index in [0.29, 0.717) is 12.8 Å². The van der Waals surface area contributed by atoms with E-state index in [1.807, 2.05) is 0 Å². The van der Waals surface area contributed by atoms with Gasteiger partial charge in [-0.3, -0.25) is 9.59 Å². The Labute approximate surface area is 55.7 Å². The Hall–Kier alpha value is -0.430. The zero-order valence-electron chi connectivity index (χ0n) is 4.96. The largest absolute Gasteiger partial charge is 0.320 e. The van der Waals surface area contributed by atoms with Crippen LogP contribution >= 0.6 is 9.39 Å². The first-order valence-corrected chi connectivity index (χ1v) is 3.28. The van der Waals surface area contributed by atoms with Crippen LogP contribution in [0.3, 0.4) is 0 Å². The van der Waals surface area contributed by atoms with E-state index in [-0.39, 0.29) is 18.2 Å². The molecule has 0 aromatic rings. The van der Waals surface area contributed by atoms with Crippen molar-refractivity contribution in [2.24, 2.45) is 0 Å². The predicted octanol–water partition coefficient (Wildman–Crippen LogP) is -0.0320. The number of Topliss-reactive ketones (excluding diaryl/α,β-unsaturated/α-hetero) is 1. The Morgan fingerprint density at radius 3 is 2.44 bits per heavy atom. The Kier molecular flexibility index (Phi) is 1.81. The van der Waals surface area contributed by atoms with Crippen LogP contribution < -0.4 is 0 Å². The maximum atomic E-state index is 10.7. The Bertz CT molecular complexity index is 157. The smallest absolute Gasteiger partial charge is 0.226 e. The predicted molar refractivity (Wildman–Crippen MR) is 35.7 cm³/mol. The van der Waals surface area contributed by atoms with Gasteiger partial charge in [0.05, 0.1) is 6.54 Å². The summed E-state index contributed by atoms with van der Waals surface area (Å²) in [7, 11) is 2.23. The molecule has 0 spiro atoms. The first-order chi connectivity index (χ1) is 4.20. The molecule has 1 aliphatic rings. The van der Waals surface area contributed by atoms with Crippen LogP contribution in [-0.2, 0) is 9.59 Å². The fourth-order valence-corrected chi connectivity index (χ4v) is 1.08. The van der Waals surface area contributed by atoms with Gasteiger partial charge in [0.25, 0.3) is 0 Å². The highest BCUT2D eigenvalue weighted by Gasteiger charge is 2.19. The van der Waals surface area contributed by atoms with Gasteiger partial charge in [-0.15, -0.1) is 0 Å². The van der Waals surface area contributed by atoms with E-state index < -0.39 is 0 Å². The van der Waals surface area contributed by atoms with Gasteiger partial charge in [-0.25, -0.2) is 0 Å². The van der Waals surface area contributed by atoms with E-state index in [1.165, 1.54) is 4.67 Å². The topological polar surface area (TPSA) is 37.4 Å². The summed E-state index contributed by atoms with van der Waals surface area (Å²) in [5.74, 6) is 0.184. The van der Waals surface area contributed by atoms with Crippen molar-refractivity contribution in [1.29, 1.82) is 0 Å². The van der Waals surface area contributed by atoms with Crippen LogP contribution in [0.1, 0.15) is 12.8 Å². The second-order valence-corrected chi connectivity index (χ2v) is 2.68. The van der Waals surface area contributed by atoms with Crippen molar-refractivity contribution < 1.29 is 9.59 Å². The van der Waals surface area contributed by atoms with Crippen LogP contribution in [0.2, 0.25) is 0 Å². The first kappa shape index (κ1) is 6.69. The number of carbonyl (C=O) groups is 2. The van der Waals surface area contributed by atoms with Crippen molar-refractivity contribution in [1.82, 2.24) is 4.67 Å². The van der Waals surface area contributed by atoms with E-state index in [0.717, 1.165) is 0 Å². The van der Waals surface area contributed by atoms with Crippen LogP contribution in [0.25, 0.3) is 0 Å². The quantitative estimate of drug-likeness (QED) is 0.449. The number of carbonyl (C=O) groups excluding carboxylic acids is 2. The van der Waals surface area contributed by atoms with Crippen LogP contribution in [-0.4, -0.2) is 22.9 Å². The Balaban J connectivity index is 2.54. The summed E-state index contributed by atoms with van der Waals surface area (Å²) in [4.78, 5) is 21.3. The third kappa shape index (κ3) is 1.49. The number of hydrogen-bond acceptors (Lipinski definition) is 2. The molecule has 1 aliphatic heterocycles. The van der Waals surface area contributed by atoms with Gasteiger partial charge in [-0.1, -0.05) is 0 Å². The molecule has 0 radical (unpaired) electrons. The lowest BCUT2D eigenvalue weighted by Gasteiger charge is -2.19. The van der Waals surface area contributed by atoms with Gasteiger partial charge in [-0.05, 0) is 9.39 Å². The highest BCUT2D eigenvalue weighted by atomic mass is 31.0. The summed E-state index contributed by atoms with van der Waals surface area (Å²) >= 11 is 0. The Morgan fingerprint density at radius 2 is 2.00 bits per heavy atom. The van der Waals surface area contributed by atoms with Gasteiger partial charge in [0, 0.05) is 12.8 Å². The molecule has 1 heterocycles. The molecule has 50 valence electrons. The Morgan fingerprint density at radius 1 is 1.33 bits per heavy atom. The molecular formula is C5H8NO2P. The molecule has 1 atom stereocenters. The molecule has 0 aromatic heterocycles. The molecule has 0 saturated carbocycles. The number of amides is 1. The minimum atomic E-state index is 0.0413. The summed E-state index contributed by atoms with van der Waals surface area (Å²) in [6.45, 7) is 0.267. The van der Waals surface area contributed by atoms with Crippen molar-refractivity contribution in [3.8, 4) is 0 Å². The molecule has 1 unspecified atom stereocenters. The van der Waals surface area contributed by atoms with Gasteiger partial charge in [0.15, 0.2) is 5.78 Å². The molecular weight excluding hydrogens is 137 g/mol. The van der Waals surface area contributed by atoms with E-state index >= 15 is 0 Å².